The van der Waals surface area contributed by atoms with Crippen LogP contribution in [0.15, 0.2) is 17.5 Å². The first kappa shape index (κ1) is 13.2. The third-order valence-corrected chi connectivity index (χ3v) is 3.06. The Labute approximate surface area is 100 Å². The second-order valence-electron chi connectivity index (χ2n) is 4.52. The molecule has 0 aliphatic carbocycles. The first-order chi connectivity index (χ1) is 7.47. The molecular formula is C12H19NO2S. The van der Waals surface area contributed by atoms with Crippen LogP contribution in [-0.4, -0.2) is 23.2 Å². The molecule has 1 rings (SSSR count). The van der Waals surface area contributed by atoms with Crippen molar-refractivity contribution in [2.45, 2.75) is 38.7 Å². The van der Waals surface area contributed by atoms with E-state index in [1.54, 1.807) is 25.2 Å². The largest absolute Gasteiger partial charge is 0.389 e. The van der Waals surface area contributed by atoms with Crippen molar-refractivity contribution < 1.29 is 9.90 Å². The highest BCUT2D eigenvalue weighted by Crippen LogP contribution is 2.11. The Bertz CT molecular complexity index is 314. The fourth-order valence-corrected chi connectivity index (χ4v) is 2.03. The van der Waals surface area contributed by atoms with Crippen LogP contribution < -0.4 is 5.32 Å². The molecule has 0 spiro atoms. The second-order valence-corrected chi connectivity index (χ2v) is 5.55. The summed E-state index contributed by atoms with van der Waals surface area (Å²) >= 11 is 1.72. The van der Waals surface area contributed by atoms with Crippen LogP contribution in [0, 0.1) is 0 Å². The van der Waals surface area contributed by atoms with Gasteiger partial charge in [-0.1, -0.05) is 6.07 Å². The van der Waals surface area contributed by atoms with Gasteiger partial charge in [0.25, 0.3) is 0 Å². The zero-order chi connectivity index (χ0) is 12.0. The highest BCUT2D eigenvalue weighted by atomic mass is 32.1. The highest BCUT2D eigenvalue weighted by molar-refractivity contribution is 7.09. The van der Waals surface area contributed by atoms with Gasteiger partial charge < -0.3 is 10.4 Å². The van der Waals surface area contributed by atoms with Gasteiger partial charge in [0, 0.05) is 17.8 Å². The summed E-state index contributed by atoms with van der Waals surface area (Å²) in [6.45, 7) is 3.67. The van der Waals surface area contributed by atoms with Gasteiger partial charge in [0.05, 0.1) is 5.60 Å². The molecule has 2 N–H and O–H groups in total. The molecule has 0 saturated heterocycles. The Balaban J connectivity index is 2.11. The molecule has 90 valence electrons. The summed E-state index contributed by atoms with van der Waals surface area (Å²) in [5, 5.41) is 14.2. The summed E-state index contributed by atoms with van der Waals surface area (Å²) in [5.74, 6) is 0.0127. The molecule has 0 saturated carbocycles. The van der Waals surface area contributed by atoms with Gasteiger partial charge in [-0.2, -0.15) is 0 Å². The predicted octanol–water partition coefficient (Wildman–Crippen LogP) is 1.96. The Morgan fingerprint density at radius 3 is 2.88 bits per heavy atom. The number of carbonyl (C=O) groups is 1. The summed E-state index contributed by atoms with van der Waals surface area (Å²) in [7, 11) is 0. The third-order valence-electron chi connectivity index (χ3n) is 2.13. The van der Waals surface area contributed by atoms with Crippen LogP contribution in [0.2, 0.25) is 0 Å². The number of aryl methyl sites for hydroxylation is 1. The standard InChI is InChI=1S/C12H19NO2S/c1-12(2,15)9-13-11(14)7-3-5-10-6-4-8-16-10/h4,6,8,15H,3,5,7,9H2,1-2H3,(H,13,14). The molecule has 16 heavy (non-hydrogen) atoms. The normalized spacial score (nSPS) is 11.4. The van der Waals surface area contributed by atoms with E-state index in [0.717, 1.165) is 12.8 Å². The van der Waals surface area contributed by atoms with Gasteiger partial charge in [-0.25, -0.2) is 0 Å². The summed E-state index contributed by atoms with van der Waals surface area (Å²) in [5.41, 5.74) is -0.830. The molecule has 0 atom stereocenters. The first-order valence-electron chi connectivity index (χ1n) is 5.49. The SMILES string of the molecule is CC(C)(O)CNC(=O)CCCc1cccs1. The first-order valence-corrected chi connectivity index (χ1v) is 6.37. The van der Waals surface area contributed by atoms with Gasteiger partial charge in [-0.05, 0) is 38.1 Å². The maximum atomic E-state index is 11.4. The molecule has 0 aliphatic rings. The lowest BCUT2D eigenvalue weighted by Crippen LogP contribution is -2.38. The van der Waals surface area contributed by atoms with Crippen molar-refractivity contribution in [3.05, 3.63) is 22.4 Å². The van der Waals surface area contributed by atoms with Gasteiger partial charge in [0.1, 0.15) is 0 Å². The maximum absolute atomic E-state index is 11.4. The molecule has 1 aromatic heterocycles. The van der Waals surface area contributed by atoms with Crippen molar-refractivity contribution in [2.75, 3.05) is 6.54 Å². The number of rotatable bonds is 6. The number of nitrogens with one attached hydrogen (secondary N) is 1. The van der Waals surface area contributed by atoms with Gasteiger partial charge in [0.15, 0.2) is 0 Å². The molecule has 0 bridgehead atoms. The number of amides is 1. The van der Waals surface area contributed by atoms with E-state index in [4.69, 9.17) is 0 Å². The number of hydrogen-bond donors (Lipinski definition) is 2. The highest BCUT2D eigenvalue weighted by Gasteiger charge is 2.13. The number of aliphatic hydroxyl groups is 1. The van der Waals surface area contributed by atoms with E-state index in [0.29, 0.717) is 13.0 Å². The molecule has 4 heteroatoms. The molecule has 0 unspecified atom stereocenters. The van der Waals surface area contributed by atoms with E-state index in [-0.39, 0.29) is 5.91 Å². The monoisotopic (exact) mass is 241 g/mol. The van der Waals surface area contributed by atoms with E-state index in [1.165, 1.54) is 4.88 Å². The van der Waals surface area contributed by atoms with Gasteiger partial charge >= 0.3 is 0 Å². The molecular weight excluding hydrogens is 222 g/mol. The van der Waals surface area contributed by atoms with Crippen LogP contribution in [0.25, 0.3) is 0 Å². The van der Waals surface area contributed by atoms with Crippen molar-refractivity contribution in [1.29, 1.82) is 0 Å². The molecule has 0 fully saturated rings. The predicted molar refractivity (Wildman–Crippen MR) is 66.6 cm³/mol. The minimum atomic E-state index is -0.830. The molecule has 0 aliphatic heterocycles. The van der Waals surface area contributed by atoms with Crippen LogP contribution in [0.3, 0.4) is 0 Å². The lowest BCUT2D eigenvalue weighted by atomic mass is 10.1. The van der Waals surface area contributed by atoms with Crippen molar-refractivity contribution in [1.82, 2.24) is 5.32 Å². The van der Waals surface area contributed by atoms with Gasteiger partial charge in [0.2, 0.25) is 5.91 Å². The molecule has 1 aromatic rings. The minimum absolute atomic E-state index is 0.0127. The van der Waals surface area contributed by atoms with Crippen LogP contribution in [0.4, 0.5) is 0 Å². The molecule has 1 amide bonds. The zero-order valence-corrected chi connectivity index (χ0v) is 10.6. The van der Waals surface area contributed by atoms with Crippen molar-refractivity contribution >= 4 is 17.2 Å². The number of thiophene rings is 1. The van der Waals surface area contributed by atoms with Gasteiger partial charge in [-0.15, -0.1) is 11.3 Å². The van der Waals surface area contributed by atoms with Crippen LogP contribution in [-0.2, 0) is 11.2 Å². The smallest absolute Gasteiger partial charge is 0.220 e. The molecule has 0 radical (unpaired) electrons. The Morgan fingerprint density at radius 1 is 1.56 bits per heavy atom. The van der Waals surface area contributed by atoms with E-state index in [1.807, 2.05) is 11.4 Å². The Morgan fingerprint density at radius 2 is 2.31 bits per heavy atom. The summed E-state index contributed by atoms with van der Waals surface area (Å²) in [4.78, 5) is 12.7. The molecule has 0 aromatic carbocycles. The van der Waals surface area contributed by atoms with Crippen LogP contribution in [0.5, 0.6) is 0 Å². The average Bonchev–Trinajstić information content (AvgIpc) is 2.66. The Kier molecular flexibility index (Phi) is 4.96. The van der Waals surface area contributed by atoms with Crippen LogP contribution in [0.1, 0.15) is 31.6 Å². The van der Waals surface area contributed by atoms with Crippen LogP contribution >= 0.6 is 11.3 Å². The summed E-state index contributed by atoms with van der Waals surface area (Å²) < 4.78 is 0. The summed E-state index contributed by atoms with van der Waals surface area (Å²) in [6, 6.07) is 4.10. The fraction of sp³-hybridized carbons (Fsp3) is 0.583. The molecule has 3 nitrogen and oxygen atoms in total. The fourth-order valence-electron chi connectivity index (χ4n) is 1.28. The van der Waals surface area contributed by atoms with E-state index in [9.17, 15) is 9.90 Å². The van der Waals surface area contributed by atoms with Crippen molar-refractivity contribution in [3.63, 3.8) is 0 Å². The number of carbonyl (C=O) groups excluding carboxylic acids is 1. The average molecular weight is 241 g/mol. The quantitative estimate of drug-likeness (QED) is 0.800. The lowest BCUT2D eigenvalue weighted by molar-refractivity contribution is -0.122. The zero-order valence-electron chi connectivity index (χ0n) is 9.82. The molecule has 1 heterocycles. The lowest BCUT2D eigenvalue weighted by Gasteiger charge is -2.17. The maximum Gasteiger partial charge on any atom is 0.220 e. The summed E-state index contributed by atoms with van der Waals surface area (Å²) in [6.07, 6.45) is 2.33. The van der Waals surface area contributed by atoms with E-state index < -0.39 is 5.60 Å². The topological polar surface area (TPSA) is 49.3 Å². The number of hydrogen-bond acceptors (Lipinski definition) is 3. The second kappa shape index (κ2) is 6.01. The van der Waals surface area contributed by atoms with E-state index in [2.05, 4.69) is 11.4 Å². The van der Waals surface area contributed by atoms with E-state index >= 15 is 0 Å². The Hall–Kier alpha value is -0.870. The van der Waals surface area contributed by atoms with Crippen molar-refractivity contribution in [3.8, 4) is 0 Å². The van der Waals surface area contributed by atoms with Crippen molar-refractivity contribution in [2.24, 2.45) is 0 Å². The minimum Gasteiger partial charge on any atom is -0.389 e. The third kappa shape index (κ3) is 5.88. The van der Waals surface area contributed by atoms with Gasteiger partial charge in [-0.3, -0.25) is 4.79 Å².